The molecule has 0 saturated heterocycles. The third-order valence-corrected chi connectivity index (χ3v) is 1.71. The molecule has 0 amide bonds. The first-order chi connectivity index (χ1) is 7.29. The number of nitrogens with zero attached hydrogens (tertiary/aromatic N) is 2. The van der Waals surface area contributed by atoms with Crippen molar-refractivity contribution in [2.24, 2.45) is 5.92 Å². The molecule has 0 fully saturated rings. The Morgan fingerprint density at radius 3 is 2.50 bits per heavy atom. The maximum Gasteiger partial charge on any atom is 0.455 e. The Bertz CT molecular complexity index is 371. The van der Waals surface area contributed by atoms with Crippen LogP contribution < -0.4 is 0 Å². The molecule has 1 heterocycles. The van der Waals surface area contributed by atoms with Crippen LogP contribution in [0.5, 0.6) is 0 Å². The van der Waals surface area contributed by atoms with E-state index in [1.807, 2.05) is 13.8 Å². The number of rotatable bonds is 4. The minimum Gasteiger partial charge on any atom is -0.339 e. The molecule has 4 nitrogen and oxygen atoms in total. The first kappa shape index (κ1) is 12.7. The molecule has 0 radical (unpaired) electrons. The second kappa shape index (κ2) is 4.63. The van der Waals surface area contributed by atoms with Crippen LogP contribution in [0.25, 0.3) is 0 Å². The number of hydrogen-bond acceptors (Lipinski definition) is 4. The number of ketones is 1. The van der Waals surface area contributed by atoms with E-state index in [1.54, 1.807) is 0 Å². The first-order valence-corrected chi connectivity index (χ1v) is 4.70. The van der Waals surface area contributed by atoms with Crippen LogP contribution in [0.1, 0.15) is 32.0 Å². The van der Waals surface area contributed by atoms with Gasteiger partial charge < -0.3 is 4.52 Å². The molecule has 0 unspecified atom stereocenters. The van der Waals surface area contributed by atoms with Gasteiger partial charge in [0.05, 0.1) is 6.42 Å². The van der Waals surface area contributed by atoms with Gasteiger partial charge >= 0.3 is 6.18 Å². The van der Waals surface area contributed by atoms with Gasteiger partial charge in [-0.2, -0.15) is 18.2 Å². The summed E-state index contributed by atoms with van der Waals surface area (Å²) in [4.78, 5) is 14.4. The zero-order valence-corrected chi connectivity index (χ0v) is 8.84. The number of carbonyl (C=O) groups excluding carboxylic acids is 1. The van der Waals surface area contributed by atoms with Gasteiger partial charge in [0, 0.05) is 6.42 Å². The molecule has 0 spiro atoms. The van der Waals surface area contributed by atoms with E-state index >= 15 is 0 Å². The maximum absolute atomic E-state index is 12.1. The van der Waals surface area contributed by atoms with Crippen LogP contribution in [0.15, 0.2) is 4.52 Å². The first-order valence-electron chi connectivity index (χ1n) is 4.70. The van der Waals surface area contributed by atoms with Crippen LogP contribution in [0.3, 0.4) is 0 Å². The number of alkyl halides is 3. The van der Waals surface area contributed by atoms with Gasteiger partial charge in [-0.15, -0.1) is 0 Å². The average molecular weight is 236 g/mol. The monoisotopic (exact) mass is 236 g/mol. The van der Waals surface area contributed by atoms with Crippen LogP contribution >= 0.6 is 0 Å². The quantitative estimate of drug-likeness (QED) is 0.804. The van der Waals surface area contributed by atoms with Crippen molar-refractivity contribution in [3.63, 3.8) is 0 Å². The van der Waals surface area contributed by atoms with Gasteiger partial charge in [-0.25, -0.2) is 0 Å². The third-order valence-electron chi connectivity index (χ3n) is 1.71. The summed E-state index contributed by atoms with van der Waals surface area (Å²) in [6, 6.07) is 0. The summed E-state index contributed by atoms with van der Waals surface area (Å²) in [6.07, 6.45) is -4.60. The number of carbonyl (C=O) groups is 1. The fraction of sp³-hybridized carbons (Fsp3) is 0.667. The van der Waals surface area contributed by atoms with Crippen LogP contribution in [0, 0.1) is 5.92 Å². The number of halogens is 3. The highest BCUT2D eigenvalue weighted by atomic mass is 19.4. The second-order valence-electron chi connectivity index (χ2n) is 3.82. The summed E-state index contributed by atoms with van der Waals surface area (Å²) in [7, 11) is 0. The van der Waals surface area contributed by atoms with E-state index in [0.29, 0.717) is 0 Å². The summed E-state index contributed by atoms with van der Waals surface area (Å²) in [6.45, 7) is 3.68. The zero-order chi connectivity index (χ0) is 12.3. The molecule has 0 aliphatic rings. The van der Waals surface area contributed by atoms with Crippen molar-refractivity contribution < 1.29 is 22.5 Å². The Balaban J connectivity index is 2.62. The SMILES string of the molecule is CC(C)CC(=O)Cc1nc(C(F)(F)F)no1. The summed E-state index contributed by atoms with van der Waals surface area (Å²) in [5.41, 5.74) is 0. The Morgan fingerprint density at radius 2 is 2.06 bits per heavy atom. The lowest BCUT2D eigenvalue weighted by molar-refractivity contribution is -0.146. The van der Waals surface area contributed by atoms with Gasteiger partial charge in [0.2, 0.25) is 5.89 Å². The molecule has 0 saturated carbocycles. The number of aromatic nitrogens is 2. The van der Waals surface area contributed by atoms with Crippen molar-refractivity contribution in [2.45, 2.75) is 32.9 Å². The highest BCUT2D eigenvalue weighted by Gasteiger charge is 2.37. The van der Waals surface area contributed by atoms with Gasteiger partial charge in [0.15, 0.2) is 0 Å². The van der Waals surface area contributed by atoms with E-state index in [9.17, 15) is 18.0 Å². The topological polar surface area (TPSA) is 56.0 Å². The van der Waals surface area contributed by atoms with Crippen molar-refractivity contribution in [2.75, 3.05) is 0 Å². The molecule has 7 heteroatoms. The van der Waals surface area contributed by atoms with Gasteiger partial charge in [-0.1, -0.05) is 19.0 Å². The van der Waals surface area contributed by atoms with Crippen molar-refractivity contribution >= 4 is 5.78 Å². The standard InChI is InChI=1S/C9H11F3N2O2/c1-5(2)3-6(15)4-7-13-8(14-16-7)9(10,11)12/h5H,3-4H2,1-2H3. The Kier molecular flexibility index (Phi) is 3.66. The molecule has 0 aliphatic carbocycles. The largest absolute Gasteiger partial charge is 0.455 e. The van der Waals surface area contributed by atoms with E-state index in [-0.39, 0.29) is 30.4 Å². The highest BCUT2D eigenvalue weighted by molar-refractivity contribution is 5.80. The Morgan fingerprint density at radius 1 is 1.44 bits per heavy atom. The lowest BCUT2D eigenvalue weighted by atomic mass is 10.1. The molecule has 90 valence electrons. The fourth-order valence-corrected chi connectivity index (χ4v) is 1.14. The minimum atomic E-state index is -4.64. The molecule has 0 aromatic carbocycles. The molecule has 1 aromatic rings. The number of hydrogen-bond donors (Lipinski definition) is 0. The molecule has 0 N–H and O–H groups in total. The lowest BCUT2D eigenvalue weighted by Gasteiger charge is -2.00. The molecule has 0 bridgehead atoms. The van der Waals surface area contributed by atoms with E-state index < -0.39 is 12.0 Å². The van der Waals surface area contributed by atoms with E-state index in [1.165, 1.54) is 0 Å². The lowest BCUT2D eigenvalue weighted by Crippen LogP contribution is -2.09. The molecule has 16 heavy (non-hydrogen) atoms. The second-order valence-corrected chi connectivity index (χ2v) is 3.82. The predicted molar refractivity (Wildman–Crippen MR) is 47.5 cm³/mol. The van der Waals surface area contributed by atoms with Crippen LogP contribution in [-0.4, -0.2) is 15.9 Å². The third kappa shape index (κ3) is 3.63. The van der Waals surface area contributed by atoms with Gasteiger partial charge in [0.1, 0.15) is 5.78 Å². The van der Waals surface area contributed by atoms with E-state index in [4.69, 9.17) is 0 Å². The van der Waals surface area contributed by atoms with Crippen molar-refractivity contribution in [3.05, 3.63) is 11.7 Å². The molecule has 0 aliphatic heterocycles. The summed E-state index contributed by atoms with van der Waals surface area (Å²) < 4.78 is 40.6. The van der Waals surface area contributed by atoms with Crippen molar-refractivity contribution in [1.29, 1.82) is 0 Å². The summed E-state index contributed by atoms with van der Waals surface area (Å²) in [5.74, 6) is -1.71. The summed E-state index contributed by atoms with van der Waals surface area (Å²) in [5, 5.41) is 2.76. The van der Waals surface area contributed by atoms with E-state index in [0.717, 1.165) is 0 Å². The van der Waals surface area contributed by atoms with Gasteiger partial charge in [-0.05, 0) is 5.92 Å². The number of Topliss-reactive ketones (excluding diaryl/α,β-unsaturated/α-hetero) is 1. The molecule has 1 rings (SSSR count). The normalized spacial score (nSPS) is 12.1. The predicted octanol–water partition coefficient (Wildman–Crippen LogP) is 2.25. The highest BCUT2D eigenvalue weighted by Crippen LogP contribution is 2.26. The Labute approximate surface area is 89.8 Å². The smallest absolute Gasteiger partial charge is 0.339 e. The molecule has 1 aromatic heterocycles. The van der Waals surface area contributed by atoms with Gasteiger partial charge in [-0.3, -0.25) is 4.79 Å². The van der Waals surface area contributed by atoms with Crippen molar-refractivity contribution in [1.82, 2.24) is 10.1 Å². The minimum absolute atomic E-state index is 0.150. The Hall–Kier alpha value is -1.40. The fourth-order valence-electron chi connectivity index (χ4n) is 1.14. The average Bonchev–Trinajstić information content (AvgIpc) is 2.49. The van der Waals surface area contributed by atoms with Crippen molar-refractivity contribution in [3.8, 4) is 0 Å². The van der Waals surface area contributed by atoms with Crippen LogP contribution in [-0.2, 0) is 17.4 Å². The molecular weight excluding hydrogens is 225 g/mol. The van der Waals surface area contributed by atoms with Gasteiger partial charge in [0.25, 0.3) is 5.82 Å². The van der Waals surface area contributed by atoms with Crippen LogP contribution in [0.2, 0.25) is 0 Å². The summed E-state index contributed by atoms with van der Waals surface area (Å²) >= 11 is 0. The zero-order valence-electron chi connectivity index (χ0n) is 8.84. The molecular formula is C9H11F3N2O2. The van der Waals surface area contributed by atoms with E-state index in [2.05, 4.69) is 14.7 Å². The van der Waals surface area contributed by atoms with Crippen LogP contribution in [0.4, 0.5) is 13.2 Å². The molecule has 0 atom stereocenters. The maximum atomic E-state index is 12.1.